The molecule has 0 unspecified atom stereocenters. The molecule has 29 heavy (non-hydrogen) atoms. The molecule has 4 rings (SSSR count). The first-order valence-electron chi connectivity index (χ1n) is 10.5. The van der Waals surface area contributed by atoms with Crippen LogP contribution in [0, 0.1) is 0 Å². The van der Waals surface area contributed by atoms with Gasteiger partial charge in [-0.3, -0.25) is 9.69 Å². The number of rotatable bonds is 7. The maximum absolute atomic E-state index is 13.2. The quantitative estimate of drug-likeness (QED) is 0.639. The van der Waals surface area contributed by atoms with E-state index in [2.05, 4.69) is 34.5 Å². The van der Waals surface area contributed by atoms with Crippen LogP contribution in [-0.2, 0) is 17.9 Å². The minimum absolute atomic E-state index is 0.0346. The van der Waals surface area contributed by atoms with Crippen molar-refractivity contribution in [1.82, 2.24) is 10.2 Å². The zero-order valence-electron chi connectivity index (χ0n) is 16.8. The van der Waals surface area contributed by atoms with Crippen LogP contribution < -0.4 is 5.32 Å². The summed E-state index contributed by atoms with van der Waals surface area (Å²) < 4.78 is 0. The van der Waals surface area contributed by atoms with Crippen molar-refractivity contribution < 1.29 is 4.79 Å². The van der Waals surface area contributed by atoms with Gasteiger partial charge in [-0.15, -0.1) is 0 Å². The molecule has 0 saturated carbocycles. The Kier molecular flexibility index (Phi) is 6.38. The van der Waals surface area contributed by atoms with Crippen LogP contribution in [0.25, 0.3) is 0 Å². The lowest BCUT2D eigenvalue weighted by atomic mass is 9.90. The minimum atomic E-state index is -0.301. The van der Waals surface area contributed by atoms with Crippen LogP contribution in [0.2, 0.25) is 0 Å². The third-order valence-electron chi connectivity index (χ3n) is 5.59. The molecule has 1 aliphatic heterocycles. The highest BCUT2D eigenvalue weighted by molar-refractivity contribution is 5.87. The van der Waals surface area contributed by atoms with Crippen molar-refractivity contribution in [3.05, 3.63) is 107 Å². The molecular weight excluding hydrogens is 356 g/mol. The normalized spacial score (nSPS) is 14.2. The molecule has 0 bridgehead atoms. The van der Waals surface area contributed by atoms with Gasteiger partial charge in [-0.25, -0.2) is 0 Å². The topological polar surface area (TPSA) is 32.3 Å². The number of carbonyl (C=O) groups excluding carboxylic acids is 1. The molecule has 0 radical (unpaired) electrons. The van der Waals surface area contributed by atoms with Gasteiger partial charge in [0.1, 0.15) is 0 Å². The van der Waals surface area contributed by atoms with Crippen molar-refractivity contribution in [3.63, 3.8) is 0 Å². The van der Waals surface area contributed by atoms with Gasteiger partial charge in [0.2, 0.25) is 5.91 Å². The molecule has 148 valence electrons. The lowest BCUT2D eigenvalue weighted by Gasteiger charge is -2.18. The number of nitrogens with zero attached hydrogens (tertiary/aromatic N) is 1. The van der Waals surface area contributed by atoms with Gasteiger partial charge in [0, 0.05) is 13.1 Å². The van der Waals surface area contributed by atoms with E-state index in [1.807, 2.05) is 60.7 Å². The molecule has 1 heterocycles. The van der Waals surface area contributed by atoms with Crippen LogP contribution in [0.1, 0.15) is 41.0 Å². The van der Waals surface area contributed by atoms with E-state index < -0.39 is 0 Å². The Hall–Kier alpha value is -2.91. The second kappa shape index (κ2) is 9.53. The average Bonchev–Trinajstić information content (AvgIpc) is 3.27. The van der Waals surface area contributed by atoms with E-state index in [0.29, 0.717) is 6.54 Å². The summed E-state index contributed by atoms with van der Waals surface area (Å²) >= 11 is 0. The number of hydrogen-bond acceptors (Lipinski definition) is 2. The Morgan fingerprint density at radius 1 is 0.793 bits per heavy atom. The number of carbonyl (C=O) groups is 1. The molecule has 1 fully saturated rings. The summed E-state index contributed by atoms with van der Waals surface area (Å²) in [4.78, 5) is 15.7. The predicted octanol–water partition coefficient (Wildman–Crippen LogP) is 4.73. The molecule has 1 N–H and O–H groups in total. The van der Waals surface area contributed by atoms with Crippen molar-refractivity contribution in [2.45, 2.75) is 31.8 Å². The van der Waals surface area contributed by atoms with Crippen LogP contribution in [-0.4, -0.2) is 23.9 Å². The monoisotopic (exact) mass is 384 g/mol. The number of benzene rings is 3. The van der Waals surface area contributed by atoms with Gasteiger partial charge < -0.3 is 5.32 Å². The fourth-order valence-electron chi connectivity index (χ4n) is 4.11. The summed E-state index contributed by atoms with van der Waals surface area (Å²) in [6, 6.07) is 28.6. The van der Waals surface area contributed by atoms with Crippen LogP contribution in [0.5, 0.6) is 0 Å². The third-order valence-corrected chi connectivity index (χ3v) is 5.59. The van der Waals surface area contributed by atoms with Gasteiger partial charge in [0.15, 0.2) is 0 Å². The molecule has 0 atom stereocenters. The molecule has 3 heteroatoms. The predicted molar refractivity (Wildman–Crippen MR) is 118 cm³/mol. The van der Waals surface area contributed by atoms with Crippen LogP contribution in [0.3, 0.4) is 0 Å². The largest absolute Gasteiger partial charge is 0.351 e. The lowest BCUT2D eigenvalue weighted by molar-refractivity contribution is -0.121. The number of nitrogens with one attached hydrogen (secondary N) is 1. The Labute approximate surface area is 173 Å². The summed E-state index contributed by atoms with van der Waals surface area (Å²) in [5, 5.41) is 3.16. The van der Waals surface area contributed by atoms with E-state index >= 15 is 0 Å². The summed E-state index contributed by atoms with van der Waals surface area (Å²) in [6.07, 6.45) is 2.60. The van der Waals surface area contributed by atoms with E-state index in [9.17, 15) is 4.79 Å². The van der Waals surface area contributed by atoms with Crippen molar-refractivity contribution in [1.29, 1.82) is 0 Å². The molecule has 0 aromatic heterocycles. The first-order chi connectivity index (χ1) is 14.3. The third kappa shape index (κ3) is 5.12. The Balaban J connectivity index is 1.46. The molecule has 1 aliphatic rings. The van der Waals surface area contributed by atoms with Gasteiger partial charge >= 0.3 is 0 Å². The molecule has 0 aliphatic carbocycles. The van der Waals surface area contributed by atoms with Crippen LogP contribution in [0.4, 0.5) is 0 Å². The summed E-state index contributed by atoms with van der Waals surface area (Å²) in [7, 11) is 0. The van der Waals surface area contributed by atoms with Crippen LogP contribution >= 0.6 is 0 Å². The lowest BCUT2D eigenvalue weighted by Crippen LogP contribution is -2.29. The van der Waals surface area contributed by atoms with Gasteiger partial charge in [-0.05, 0) is 48.2 Å². The molecule has 1 saturated heterocycles. The van der Waals surface area contributed by atoms with E-state index in [0.717, 1.165) is 23.2 Å². The zero-order chi connectivity index (χ0) is 19.9. The first kappa shape index (κ1) is 19.4. The number of amides is 1. The van der Waals surface area contributed by atoms with Crippen LogP contribution in [0.15, 0.2) is 84.9 Å². The summed E-state index contributed by atoms with van der Waals surface area (Å²) in [5.74, 6) is -0.266. The van der Waals surface area contributed by atoms with E-state index in [1.165, 1.54) is 31.5 Å². The standard InChI is InChI=1S/C26H28N2O/c29-26(25(23-12-3-1-4-13-23)24-14-5-2-6-15-24)27-19-21-10-9-11-22(18-21)20-28-16-7-8-17-28/h1-6,9-15,18,25H,7-8,16-17,19-20H2,(H,27,29). The zero-order valence-corrected chi connectivity index (χ0v) is 16.8. The fraction of sp³-hybridized carbons (Fsp3) is 0.269. The minimum Gasteiger partial charge on any atom is -0.351 e. The van der Waals surface area contributed by atoms with Crippen molar-refractivity contribution in [2.75, 3.05) is 13.1 Å². The SMILES string of the molecule is O=C(NCc1cccc(CN2CCCC2)c1)C(c1ccccc1)c1ccccc1. The number of likely N-dealkylation sites (tertiary alicyclic amines) is 1. The molecule has 3 aromatic rings. The number of hydrogen-bond donors (Lipinski definition) is 1. The van der Waals surface area contributed by atoms with Gasteiger partial charge in [0.05, 0.1) is 5.92 Å². The average molecular weight is 385 g/mol. The second-order valence-electron chi connectivity index (χ2n) is 7.78. The van der Waals surface area contributed by atoms with Gasteiger partial charge in [0.25, 0.3) is 0 Å². The van der Waals surface area contributed by atoms with Crippen molar-refractivity contribution in [3.8, 4) is 0 Å². The fourth-order valence-corrected chi connectivity index (χ4v) is 4.11. The van der Waals surface area contributed by atoms with Gasteiger partial charge in [-0.2, -0.15) is 0 Å². The molecular formula is C26H28N2O. The Bertz CT molecular complexity index is 878. The highest BCUT2D eigenvalue weighted by atomic mass is 16.1. The van der Waals surface area contributed by atoms with E-state index in [4.69, 9.17) is 0 Å². The van der Waals surface area contributed by atoms with E-state index in [1.54, 1.807) is 0 Å². The highest BCUT2D eigenvalue weighted by Crippen LogP contribution is 2.25. The molecule has 0 spiro atoms. The van der Waals surface area contributed by atoms with Gasteiger partial charge in [-0.1, -0.05) is 84.9 Å². The Morgan fingerprint density at radius 3 is 2.00 bits per heavy atom. The summed E-state index contributed by atoms with van der Waals surface area (Å²) in [6.45, 7) is 3.93. The van der Waals surface area contributed by atoms with Crippen molar-refractivity contribution in [2.24, 2.45) is 0 Å². The highest BCUT2D eigenvalue weighted by Gasteiger charge is 2.22. The first-order valence-corrected chi connectivity index (χ1v) is 10.5. The molecule has 1 amide bonds. The smallest absolute Gasteiger partial charge is 0.232 e. The summed E-state index contributed by atoms with van der Waals surface area (Å²) in [5.41, 5.74) is 4.49. The van der Waals surface area contributed by atoms with Crippen molar-refractivity contribution >= 4 is 5.91 Å². The molecule has 3 nitrogen and oxygen atoms in total. The van der Waals surface area contributed by atoms with E-state index in [-0.39, 0.29) is 11.8 Å². The maximum atomic E-state index is 13.2. The second-order valence-corrected chi connectivity index (χ2v) is 7.78. The molecule has 3 aromatic carbocycles. The maximum Gasteiger partial charge on any atom is 0.232 e. The Morgan fingerprint density at radius 2 is 1.38 bits per heavy atom.